The fourth-order valence-corrected chi connectivity index (χ4v) is 2.49. The zero-order valence-corrected chi connectivity index (χ0v) is 10.6. The number of aliphatic carboxylic acids is 1. The fraction of sp³-hybridized carbons (Fsp3) is 0.500. The van der Waals surface area contributed by atoms with Gasteiger partial charge in [-0.1, -0.05) is 19.3 Å². The Morgan fingerprint density at radius 3 is 2.33 bits per heavy atom. The molecule has 1 aliphatic carbocycles. The molecule has 1 aliphatic rings. The minimum atomic E-state index is -1.00. The van der Waals surface area contributed by atoms with Crippen LogP contribution in [0.2, 0.25) is 0 Å². The molecule has 0 spiro atoms. The van der Waals surface area contributed by atoms with Crippen molar-refractivity contribution >= 4 is 11.7 Å². The molecule has 2 rings (SSSR count). The molecule has 0 aliphatic heterocycles. The molecule has 0 aromatic heterocycles. The van der Waals surface area contributed by atoms with Crippen LogP contribution >= 0.6 is 0 Å². The number of carboxylic acids is 1. The van der Waals surface area contributed by atoms with Gasteiger partial charge in [-0.05, 0) is 37.1 Å². The minimum Gasteiger partial charge on any atom is -0.548 e. The largest absolute Gasteiger partial charge is 0.548 e. The molecule has 0 amide bonds. The van der Waals surface area contributed by atoms with Crippen molar-refractivity contribution in [1.82, 2.24) is 0 Å². The van der Waals surface area contributed by atoms with Crippen molar-refractivity contribution < 1.29 is 14.6 Å². The number of carbonyl (C=O) groups is 1. The van der Waals surface area contributed by atoms with E-state index in [-0.39, 0.29) is 0 Å². The summed E-state index contributed by atoms with van der Waals surface area (Å²) in [6.07, 6.45) is 4.20. The maximum absolute atomic E-state index is 11.4. The number of benzene rings is 1. The van der Waals surface area contributed by atoms with Crippen molar-refractivity contribution in [3.8, 4) is 5.75 Å². The first-order valence-electron chi connectivity index (χ1n) is 6.30. The molecule has 1 aromatic rings. The normalized spacial score (nSPS) is 18.1. The smallest absolute Gasteiger partial charge is 0.119 e. The lowest BCUT2D eigenvalue weighted by atomic mass is 9.81. The van der Waals surface area contributed by atoms with Crippen LogP contribution in [0.4, 0.5) is 5.69 Å². The van der Waals surface area contributed by atoms with Crippen molar-refractivity contribution in [2.24, 2.45) is 0 Å². The van der Waals surface area contributed by atoms with Crippen LogP contribution in [0.3, 0.4) is 0 Å². The third kappa shape index (κ3) is 2.58. The summed E-state index contributed by atoms with van der Waals surface area (Å²) in [5.41, 5.74) is -0.116. The number of nitrogens with one attached hydrogen (secondary N) is 1. The van der Waals surface area contributed by atoms with E-state index >= 15 is 0 Å². The van der Waals surface area contributed by atoms with Gasteiger partial charge in [-0.2, -0.15) is 0 Å². The highest BCUT2D eigenvalue weighted by Gasteiger charge is 2.33. The van der Waals surface area contributed by atoms with E-state index in [1.807, 2.05) is 24.3 Å². The average Bonchev–Trinajstić information content (AvgIpc) is 2.40. The second-order valence-electron chi connectivity index (χ2n) is 4.78. The third-order valence-electron chi connectivity index (χ3n) is 3.57. The summed E-state index contributed by atoms with van der Waals surface area (Å²) in [6, 6.07) is 7.29. The zero-order valence-electron chi connectivity index (χ0n) is 10.6. The highest BCUT2D eigenvalue weighted by atomic mass is 16.5. The standard InChI is InChI=1S/C14H19NO3/c1-18-12-7-5-11(6-8-12)15-14(13(16)17)9-3-2-4-10-14/h5-8,15H,2-4,9-10H2,1H3,(H,16,17)/p-1. The van der Waals surface area contributed by atoms with E-state index in [9.17, 15) is 9.90 Å². The Hall–Kier alpha value is -1.71. The molecule has 18 heavy (non-hydrogen) atoms. The van der Waals surface area contributed by atoms with Gasteiger partial charge in [-0.15, -0.1) is 0 Å². The molecule has 98 valence electrons. The minimum absolute atomic E-state index is 0.626. The maximum atomic E-state index is 11.4. The number of carboxylic acid groups (broad SMARTS) is 1. The molecule has 1 saturated carbocycles. The topological polar surface area (TPSA) is 61.4 Å². The Morgan fingerprint density at radius 1 is 1.22 bits per heavy atom. The second-order valence-corrected chi connectivity index (χ2v) is 4.78. The van der Waals surface area contributed by atoms with E-state index in [4.69, 9.17) is 4.74 Å². The lowest BCUT2D eigenvalue weighted by molar-refractivity contribution is -0.313. The number of rotatable bonds is 4. The number of methoxy groups -OCH3 is 1. The number of anilines is 1. The molecule has 0 radical (unpaired) electrons. The Kier molecular flexibility index (Phi) is 3.75. The van der Waals surface area contributed by atoms with Gasteiger partial charge in [0, 0.05) is 5.69 Å². The van der Waals surface area contributed by atoms with Crippen LogP contribution < -0.4 is 15.2 Å². The number of hydrogen-bond donors (Lipinski definition) is 1. The van der Waals surface area contributed by atoms with Crippen molar-refractivity contribution in [1.29, 1.82) is 0 Å². The third-order valence-corrected chi connectivity index (χ3v) is 3.57. The summed E-state index contributed by atoms with van der Waals surface area (Å²) >= 11 is 0. The summed E-state index contributed by atoms with van der Waals surface area (Å²) in [5.74, 6) is -0.246. The van der Waals surface area contributed by atoms with E-state index in [2.05, 4.69) is 5.32 Å². The fourth-order valence-electron chi connectivity index (χ4n) is 2.49. The van der Waals surface area contributed by atoms with Crippen LogP contribution in [0.5, 0.6) is 5.75 Å². The first-order valence-corrected chi connectivity index (χ1v) is 6.30. The lowest BCUT2D eigenvalue weighted by Gasteiger charge is -2.39. The monoisotopic (exact) mass is 248 g/mol. The molecule has 0 saturated heterocycles. The number of ether oxygens (including phenoxy) is 1. The Balaban J connectivity index is 2.15. The predicted octanol–water partition coefficient (Wildman–Crippen LogP) is 1.56. The highest BCUT2D eigenvalue weighted by Crippen LogP contribution is 2.31. The van der Waals surface area contributed by atoms with Gasteiger partial charge in [-0.25, -0.2) is 0 Å². The first kappa shape index (κ1) is 12.7. The molecule has 4 nitrogen and oxygen atoms in total. The number of carbonyl (C=O) groups excluding carboxylic acids is 1. The van der Waals surface area contributed by atoms with Gasteiger partial charge in [0.1, 0.15) is 5.75 Å². The van der Waals surface area contributed by atoms with Crippen LogP contribution in [-0.4, -0.2) is 18.6 Å². The molecular formula is C14H18NO3-. The molecule has 1 N–H and O–H groups in total. The summed E-state index contributed by atoms with van der Waals surface area (Å²) in [7, 11) is 1.60. The molecule has 1 fully saturated rings. The molecule has 1 aromatic carbocycles. The van der Waals surface area contributed by atoms with Crippen LogP contribution in [0, 0.1) is 0 Å². The molecule has 0 atom stereocenters. The van der Waals surface area contributed by atoms with Crippen LogP contribution in [0.15, 0.2) is 24.3 Å². The van der Waals surface area contributed by atoms with Crippen molar-refractivity contribution in [2.75, 3.05) is 12.4 Å². The number of hydrogen-bond acceptors (Lipinski definition) is 4. The molecule has 4 heteroatoms. The summed E-state index contributed by atoms with van der Waals surface area (Å²) in [4.78, 5) is 11.4. The van der Waals surface area contributed by atoms with Gasteiger partial charge in [-0.3, -0.25) is 0 Å². The first-order chi connectivity index (χ1) is 8.66. The van der Waals surface area contributed by atoms with E-state index in [0.29, 0.717) is 12.8 Å². The van der Waals surface area contributed by atoms with Crippen molar-refractivity contribution in [3.63, 3.8) is 0 Å². The quantitative estimate of drug-likeness (QED) is 0.878. The lowest BCUT2D eigenvalue weighted by Crippen LogP contribution is -2.55. The van der Waals surface area contributed by atoms with E-state index in [1.165, 1.54) is 0 Å². The zero-order chi connectivity index (χ0) is 13.0. The van der Waals surface area contributed by atoms with Crippen LogP contribution in [0.25, 0.3) is 0 Å². The van der Waals surface area contributed by atoms with Gasteiger partial charge in [0.05, 0.1) is 18.6 Å². The average molecular weight is 248 g/mol. The Bertz CT molecular complexity index is 408. The Morgan fingerprint density at radius 2 is 1.83 bits per heavy atom. The Labute approximate surface area is 107 Å². The van der Waals surface area contributed by atoms with Crippen molar-refractivity contribution in [2.45, 2.75) is 37.6 Å². The van der Waals surface area contributed by atoms with Gasteiger partial charge < -0.3 is 20.0 Å². The van der Waals surface area contributed by atoms with Crippen LogP contribution in [-0.2, 0) is 4.79 Å². The second kappa shape index (κ2) is 5.29. The van der Waals surface area contributed by atoms with E-state index in [1.54, 1.807) is 7.11 Å². The van der Waals surface area contributed by atoms with Crippen LogP contribution in [0.1, 0.15) is 32.1 Å². The van der Waals surface area contributed by atoms with Gasteiger partial charge in [0.15, 0.2) is 0 Å². The predicted molar refractivity (Wildman–Crippen MR) is 67.4 cm³/mol. The molecular weight excluding hydrogens is 230 g/mol. The van der Waals surface area contributed by atoms with Gasteiger partial charge >= 0.3 is 0 Å². The SMILES string of the molecule is COc1ccc(NC2(C(=O)[O-])CCCCC2)cc1. The highest BCUT2D eigenvalue weighted by molar-refractivity contribution is 5.81. The molecule has 0 unspecified atom stereocenters. The summed E-state index contributed by atoms with van der Waals surface area (Å²) < 4.78 is 5.08. The van der Waals surface area contributed by atoms with E-state index < -0.39 is 11.5 Å². The molecule has 0 bridgehead atoms. The van der Waals surface area contributed by atoms with Gasteiger partial charge in [0.2, 0.25) is 0 Å². The maximum Gasteiger partial charge on any atom is 0.119 e. The van der Waals surface area contributed by atoms with Crippen molar-refractivity contribution in [3.05, 3.63) is 24.3 Å². The summed E-state index contributed by atoms with van der Waals surface area (Å²) in [5, 5.41) is 14.5. The summed E-state index contributed by atoms with van der Waals surface area (Å²) in [6.45, 7) is 0. The molecule has 0 heterocycles. The van der Waals surface area contributed by atoms with E-state index in [0.717, 1.165) is 30.7 Å². The van der Waals surface area contributed by atoms with Gasteiger partial charge in [0.25, 0.3) is 0 Å².